The smallest absolute Gasteiger partial charge is 0.316 e. The summed E-state index contributed by atoms with van der Waals surface area (Å²) in [6, 6.07) is 5.50. The normalized spacial score (nSPS) is 12.2. The van der Waals surface area contributed by atoms with Crippen LogP contribution in [-0.2, 0) is 9.53 Å². The lowest BCUT2D eigenvalue weighted by Crippen LogP contribution is -2.23. The Hall–Kier alpha value is -1.42. The molecule has 4 heteroatoms. The molecule has 1 aromatic heterocycles. The van der Waals surface area contributed by atoms with Gasteiger partial charge in [0.1, 0.15) is 5.92 Å². The standard InChI is InChI=1S/C10H14N2O2/c1-7-4-3-5-9(12-7)8(6-11)10(13)14-2/h3-5,8H,6,11H2,1-2H3. The van der Waals surface area contributed by atoms with Crippen LogP contribution in [0.15, 0.2) is 18.2 Å². The van der Waals surface area contributed by atoms with Crippen molar-refractivity contribution in [2.45, 2.75) is 12.8 Å². The monoisotopic (exact) mass is 194 g/mol. The summed E-state index contributed by atoms with van der Waals surface area (Å²) in [7, 11) is 1.35. The average molecular weight is 194 g/mol. The van der Waals surface area contributed by atoms with Crippen molar-refractivity contribution >= 4 is 5.97 Å². The van der Waals surface area contributed by atoms with E-state index >= 15 is 0 Å². The molecule has 2 N–H and O–H groups in total. The van der Waals surface area contributed by atoms with Gasteiger partial charge in [0.25, 0.3) is 0 Å². The molecule has 0 aromatic carbocycles. The molecule has 0 radical (unpaired) electrons. The summed E-state index contributed by atoms with van der Waals surface area (Å²) in [5.74, 6) is -0.800. The van der Waals surface area contributed by atoms with Crippen molar-refractivity contribution in [2.24, 2.45) is 5.73 Å². The summed E-state index contributed by atoms with van der Waals surface area (Å²) in [5.41, 5.74) is 7.02. The van der Waals surface area contributed by atoms with Gasteiger partial charge < -0.3 is 10.5 Å². The van der Waals surface area contributed by atoms with Crippen LogP contribution < -0.4 is 5.73 Å². The third kappa shape index (κ3) is 2.29. The van der Waals surface area contributed by atoms with Gasteiger partial charge in [0.15, 0.2) is 0 Å². The first-order valence-corrected chi connectivity index (χ1v) is 4.40. The highest BCUT2D eigenvalue weighted by molar-refractivity contribution is 5.77. The number of rotatable bonds is 3. The van der Waals surface area contributed by atoms with E-state index in [0.717, 1.165) is 5.69 Å². The minimum absolute atomic E-state index is 0.211. The molecule has 1 rings (SSSR count). The minimum atomic E-state index is -0.458. The molecule has 1 unspecified atom stereocenters. The summed E-state index contributed by atoms with van der Waals surface area (Å²) < 4.78 is 4.64. The van der Waals surface area contributed by atoms with Crippen molar-refractivity contribution in [3.05, 3.63) is 29.6 Å². The number of carbonyl (C=O) groups is 1. The molecule has 0 aliphatic heterocycles. The Morgan fingerprint density at radius 1 is 1.64 bits per heavy atom. The second-order valence-electron chi connectivity index (χ2n) is 3.02. The first-order chi connectivity index (χ1) is 6.69. The summed E-state index contributed by atoms with van der Waals surface area (Å²) in [6.07, 6.45) is 0. The van der Waals surface area contributed by atoms with Gasteiger partial charge >= 0.3 is 5.97 Å². The number of nitrogens with two attached hydrogens (primary N) is 1. The highest BCUT2D eigenvalue weighted by atomic mass is 16.5. The maximum Gasteiger partial charge on any atom is 0.316 e. The number of aromatic nitrogens is 1. The maximum absolute atomic E-state index is 11.3. The molecule has 4 nitrogen and oxygen atoms in total. The lowest BCUT2D eigenvalue weighted by molar-refractivity contribution is -0.142. The van der Waals surface area contributed by atoms with Crippen LogP contribution >= 0.6 is 0 Å². The van der Waals surface area contributed by atoms with E-state index in [1.54, 1.807) is 6.07 Å². The van der Waals surface area contributed by atoms with E-state index in [1.807, 2.05) is 19.1 Å². The third-order valence-electron chi connectivity index (χ3n) is 1.99. The van der Waals surface area contributed by atoms with E-state index in [4.69, 9.17) is 5.73 Å². The molecule has 0 amide bonds. The van der Waals surface area contributed by atoms with Gasteiger partial charge in [0, 0.05) is 12.2 Å². The SMILES string of the molecule is COC(=O)C(CN)c1cccc(C)n1. The Morgan fingerprint density at radius 3 is 2.86 bits per heavy atom. The van der Waals surface area contributed by atoms with E-state index in [0.29, 0.717) is 5.69 Å². The van der Waals surface area contributed by atoms with E-state index in [9.17, 15) is 4.79 Å². The number of hydrogen-bond acceptors (Lipinski definition) is 4. The van der Waals surface area contributed by atoms with Gasteiger partial charge in [-0.05, 0) is 19.1 Å². The van der Waals surface area contributed by atoms with Crippen molar-refractivity contribution in [3.8, 4) is 0 Å². The number of hydrogen-bond donors (Lipinski definition) is 1. The van der Waals surface area contributed by atoms with Crippen LogP contribution in [0, 0.1) is 6.92 Å². The van der Waals surface area contributed by atoms with Gasteiger partial charge in [-0.25, -0.2) is 0 Å². The summed E-state index contributed by atoms with van der Waals surface area (Å²) in [5, 5.41) is 0. The van der Waals surface area contributed by atoms with E-state index in [2.05, 4.69) is 9.72 Å². The number of methoxy groups -OCH3 is 1. The Bertz CT molecular complexity index is 326. The largest absolute Gasteiger partial charge is 0.468 e. The van der Waals surface area contributed by atoms with Gasteiger partial charge in [0.05, 0.1) is 12.8 Å². The van der Waals surface area contributed by atoms with E-state index < -0.39 is 5.92 Å². The molecule has 0 fully saturated rings. The van der Waals surface area contributed by atoms with Crippen molar-refractivity contribution < 1.29 is 9.53 Å². The number of pyridine rings is 1. The van der Waals surface area contributed by atoms with Gasteiger partial charge in [-0.3, -0.25) is 9.78 Å². The minimum Gasteiger partial charge on any atom is -0.468 e. The molecule has 0 saturated heterocycles. The number of esters is 1. The molecule has 14 heavy (non-hydrogen) atoms. The number of carbonyl (C=O) groups excluding carboxylic acids is 1. The molecular weight excluding hydrogens is 180 g/mol. The second kappa shape index (κ2) is 4.72. The lowest BCUT2D eigenvalue weighted by atomic mass is 10.1. The van der Waals surface area contributed by atoms with Crippen molar-refractivity contribution in [1.82, 2.24) is 4.98 Å². The molecule has 0 spiro atoms. The van der Waals surface area contributed by atoms with Crippen LogP contribution in [0.25, 0.3) is 0 Å². The molecule has 1 aromatic rings. The van der Waals surface area contributed by atoms with Gasteiger partial charge in [0.2, 0.25) is 0 Å². The van der Waals surface area contributed by atoms with Gasteiger partial charge in [-0.2, -0.15) is 0 Å². The van der Waals surface area contributed by atoms with Crippen molar-refractivity contribution in [1.29, 1.82) is 0 Å². The zero-order valence-corrected chi connectivity index (χ0v) is 8.36. The van der Waals surface area contributed by atoms with Crippen molar-refractivity contribution in [2.75, 3.05) is 13.7 Å². The summed E-state index contributed by atoms with van der Waals surface area (Å²) in [4.78, 5) is 15.5. The molecule has 0 aliphatic carbocycles. The van der Waals surface area contributed by atoms with Gasteiger partial charge in [-0.1, -0.05) is 6.07 Å². The fourth-order valence-electron chi connectivity index (χ4n) is 1.24. The Kier molecular flexibility index (Phi) is 3.59. The van der Waals surface area contributed by atoms with Crippen LogP contribution in [0.3, 0.4) is 0 Å². The summed E-state index contributed by atoms with van der Waals surface area (Å²) in [6.45, 7) is 2.08. The number of aryl methyl sites for hydroxylation is 1. The predicted molar refractivity (Wildman–Crippen MR) is 52.8 cm³/mol. The average Bonchev–Trinajstić information content (AvgIpc) is 2.19. The molecule has 1 heterocycles. The number of nitrogens with zero attached hydrogens (tertiary/aromatic N) is 1. The Labute approximate surface area is 83.1 Å². The predicted octanol–water partition coefficient (Wildman–Crippen LogP) is 0.605. The van der Waals surface area contributed by atoms with Gasteiger partial charge in [-0.15, -0.1) is 0 Å². The van der Waals surface area contributed by atoms with Crippen LogP contribution in [0.4, 0.5) is 0 Å². The van der Waals surface area contributed by atoms with E-state index in [-0.39, 0.29) is 12.5 Å². The first-order valence-electron chi connectivity index (χ1n) is 4.40. The quantitative estimate of drug-likeness (QED) is 0.716. The number of ether oxygens (including phenoxy) is 1. The first kappa shape index (κ1) is 10.7. The highest BCUT2D eigenvalue weighted by Crippen LogP contribution is 2.13. The molecule has 0 bridgehead atoms. The van der Waals surface area contributed by atoms with Crippen molar-refractivity contribution in [3.63, 3.8) is 0 Å². The van der Waals surface area contributed by atoms with Crippen LogP contribution in [0.5, 0.6) is 0 Å². The highest BCUT2D eigenvalue weighted by Gasteiger charge is 2.20. The molecule has 0 aliphatic rings. The fraction of sp³-hybridized carbons (Fsp3) is 0.400. The maximum atomic E-state index is 11.3. The zero-order chi connectivity index (χ0) is 10.6. The molecular formula is C10H14N2O2. The van der Waals surface area contributed by atoms with Crippen LogP contribution in [0.2, 0.25) is 0 Å². The second-order valence-corrected chi connectivity index (χ2v) is 3.02. The summed E-state index contributed by atoms with van der Waals surface area (Å²) >= 11 is 0. The van der Waals surface area contributed by atoms with Crippen LogP contribution in [0.1, 0.15) is 17.3 Å². The lowest BCUT2D eigenvalue weighted by Gasteiger charge is -2.11. The zero-order valence-electron chi connectivity index (χ0n) is 8.36. The topological polar surface area (TPSA) is 65.2 Å². The molecule has 0 saturated carbocycles. The van der Waals surface area contributed by atoms with E-state index in [1.165, 1.54) is 7.11 Å². The van der Waals surface area contributed by atoms with Crippen LogP contribution in [-0.4, -0.2) is 24.6 Å². The molecule has 1 atom stereocenters. The third-order valence-corrected chi connectivity index (χ3v) is 1.99. The Morgan fingerprint density at radius 2 is 2.36 bits per heavy atom. The fourth-order valence-corrected chi connectivity index (χ4v) is 1.24. The molecule has 76 valence electrons. The Balaban J connectivity index is 2.94.